The van der Waals surface area contributed by atoms with Crippen LogP contribution in [-0.2, 0) is 35.3 Å². The fourth-order valence-corrected chi connectivity index (χ4v) is 8.06. The number of amides is 7. The standard InChI is InChI=1S/C38H58N8O9S/c1-23(2)33(45-32(50)16-15-28(48)20-39)30(49)19-25(7-5-17-41-36(40)52)35(51)43-26-13-11-24(12-14-26)21-55-38(54)42-18-6-9-27(47)8-3-4-10-31-34-29(22-56-31)44-37(53)46-34/h11-14,23,25,29,31,33-34H,3-10,15-22,39H2,1-2H3,(H,42,54)(H,43,51)(H,45,50)(H3,40,41,52)(H2,44,46,53)/t25-,29?,31?,33?,34?/m1/s1. The molecule has 1 aromatic carbocycles. The monoisotopic (exact) mass is 802 g/mol. The lowest BCUT2D eigenvalue weighted by Gasteiger charge is -2.24. The Balaban J connectivity index is 1.38. The summed E-state index contributed by atoms with van der Waals surface area (Å²) in [6.07, 6.45) is 3.71. The van der Waals surface area contributed by atoms with E-state index < -0.39 is 35.9 Å². The van der Waals surface area contributed by atoms with Crippen molar-refractivity contribution >= 4 is 64.8 Å². The number of ether oxygens (including phenoxy) is 1. The van der Waals surface area contributed by atoms with Crippen LogP contribution in [0.1, 0.15) is 90.0 Å². The van der Waals surface area contributed by atoms with Gasteiger partial charge in [-0.1, -0.05) is 32.4 Å². The van der Waals surface area contributed by atoms with Gasteiger partial charge in [0.25, 0.3) is 0 Å². The minimum absolute atomic E-state index is 0.0215. The summed E-state index contributed by atoms with van der Waals surface area (Å²) in [6, 6.07) is 5.33. The van der Waals surface area contributed by atoms with Gasteiger partial charge in [0.1, 0.15) is 18.2 Å². The molecule has 17 nitrogen and oxygen atoms in total. The van der Waals surface area contributed by atoms with E-state index in [2.05, 4.69) is 31.9 Å². The molecule has 7 amide bonds. The summed E-state index contributed by atoms with van der Waals surface area (Å²) in [5, 5.41) is 16.9. The molecular formula is C38H58N8O9S. The van der Waals surface area contributed by atoms with Crippen LogP contribution in [0.4, 0.5) is 20.1 Å². The number of thioether (sulfide) groups is 1. The SMILES string of the molecule is CC(C)C(NC(=O)CCC(=O)CN)C(=O)C[C@@H](CCCNC(N)=O)C(=O)Nc1ccc(COC(=O)NCCCC(=O)CCCCC2SCC3NC(=O)NC32)cc1. The van der Waals surface area contributed by atoms with Gasteiger partial charge in [-0.3, -0.25) is 24.0 Å². The average Bonchev–Trinajstić information content (AvgIpc) is 3.72. The third kappa shape index (κ3) is 16.6. The molecular weight excluding hydrogens is 745 g/mol. The third-order valence-corrected chi connectivity index (χ3v) is 11.2. The number of anilines is 1. The van der Waals surface area contributed by atoms with Crippen molar-refractivity contribution in [1.82, 2.24) is 26.6 Å². The van der Waals surface area contributed by atoms with E-state index in [0.717, 1.165) is 25.0 Å². The van der Waals surface area contributed by atoms with Crippen LogP contribution in [0.2, 0.25) is 0 Å². The molecule has 2 aliphatic heterocycles. The molecule has 0 spiro atoms. The van der Waals surface area contributed by atoms with E-state index in [0.29, 0.717) is 48.7 Å². The minimum Gasteiger partial charge on any atom is -0.445 e. The molecule has 56 heavy (non-hydrogen) atoms. The van der Waals surface area contributed by atoms with Crippen LogP contribution in [0.25, 0.3) is 0 Å². The van der Waals surface area contributed by atoms with Gasteiger partial charge in [0, 0.05) is 67.8 Å². The third-order valence-electron chi connectivity index (χ3n) is 9.66. The lowest BCUT2D eigenvalue weighted by atomic mass is 9.89. The number of alkyl carbamates (subject to hydrolysis) is 1. The Hall–Kier alpha value is -4.71. The zero-order valence-electron chi connectivity index (χ0n) is 32.3. The predicted molar refractivity (Wildman–Crippen MR) is 211 cm³/mol. The number of hydrogen-bond acceptors (Lipinski definition) is 11. The van der Waals surface area contributed by atoms with Crippen LogP contribution >= 0.6 is 11.8 Å². The number of carbonyl (C=O) groups is 8. The number of benzene rings is 1. The van der Waals surface area contributed by atoms with E-state index in [1.54, 1.807) is 38.1 Å². The van der Waals surface area contributed by atoms with Crippen LogP contribution in [0, 0.1) is 11.8 Å². The quantitative estimate of drug-likeness (QED) is 0.0498. The number of hydrogen-bond donors (Lipinski definition) is 8. The molecule has 2 fully saturated rings. The number of nitrogens with two attached hydrogens (primary N) is 2. The second kappa shape index (κ2) is 24.0. The van der Waals surface area contributed by atoms with Gasteiger partial charge in [-0.2, -0.15) is 11.8 Å². The van der Waals surface area contributed by atoms with Gasteiger partial charge in [-0.15, -0.1) is 0 Å². The van der Waals surface area contributed by atoms with E-state index in [9.17, 15) is 38.4 Å². The number of carbonyl (C=O) groups excluding carboxylic acids is 8. The zero-order chi connectivity index (χ0) is 41.0. The summed E-state index contributed by atoms with van der Waals surface area (Å²) >= 11 is 1.86. The highest BCUT2D eigenvalue weighted by molar-refractivity contribution is 8.00. The van der Waals surface area contributed by atoms with Crippen LogP contribution in [0.15, 0.2) is 24.3 Å². The molecule has 0 saturated carbocycles. The average molecular weight is 803 g/mol. The first kappa shape index (κ1) is 45.7. The highest BCUT2D eigenvalue weighted by Crippen LogP contribution is 2.33. The molecule has 2 saturated heterocycles. The van der Waals surface area contributed by atoms with Crippen molar-refractivity contribution in [3.8, 4) is 0 Å². The predicted octanol–water partition coefficient (Wildman–Crippen LogP) is 2.40. The van der Waals surface area contributed by atoms with Crippen LogP contribution in [0.3, 0.4) is 0 Å². The number of fused-ring (bicyclic) bond motifs is 1. The van der Waals surface area contributed by atoms with Crippen LogP contribution in [0.5, 0.6) is 0 Å². The fourth-order valence-electron chi connectivity index (χ4n) is 6.52. The van der Waals surface area contributed by atoms with Gasteiger partial charge in [0.15, 0.2) is 5.78 Å². The Morgan fingerprint density at radius 3 is 2.30 bits per heavy atom. The Kier molecular flexibility index (Phi) is 19.6. The van der Waals surface area contributed by atoms with Crippen molar-refractivity contribution in [1.29, 1.82) is 0 Å². The first-order valence-corrected chi connectivity index (χ1v) is 20.4. The first-order valence-electron chi connectivity index (χ1n) is 19.3. The number of unbranched alkanes of at least 4 members (excludes halogenated alkanes) is 1. The number of rotatable bonds is 26. The van der Waals surface area contributed by atoms with Crippen LogP contribution < -0.4 is 43.4 Å². The van der Waals surface area contributed by atoms with E-state index >= 15 is 0 Å². The molecule has 4 unspecified atom stereocenters. The fraction of sp³-hybridized carbons (Fsp3) is 0.632. The van der Waals surface area contributed by atoms with Crippen molar-refractivity contribution < 1.29 is 43.1 Å². The van der Waals surface area contributed by atoms with Crippen molar-refractivity contribution in [3.05, 3.63) is 29.8 Å². The maximum Gasteiger partial charge on any atom is 0.407 e. The highest BCUT2D eigenvalue weighted by Gasteiger charge is 2.42. The Labute approximate surface area is 332 Å². The number of urea groups is 2. The van der Waals surface area contributed by atoms with Gasteiger partial charge in [-0.25, -0.2) is 14.4 Å². The van der Waals surface area contributed by atoms with Crippen molar-refractivity contribution in [3.63, 3.8) is 0 Å². The number of Topliss-reactive ketones (excluding diaryl/α,β-unsaturated/α-hetero) is 3. The normalized spacial score (nSPS) is 18.1. The molecule has 5 atom stereocenters. The molecule has 2 aliphatic rings. The summed E-state index contributed by atoms with van der Waals surface area (Å²) < 4.78 is 5.29. The largest absolute Gasteiger partial charge is 0.445 e. The van der Waals surface area contributed by atoms with Gasteiger partial charge in [0.2, 0.25) is 11.8 Å². The lowest BCUT2D eigenvalue weighted by molar-refractivity contribution is -0.131. The molecule has 10 N–H and O–H groups in total. The van der Waals surface area contributed by atoms with Gasteiger partial charge in [-0.05, 0) is 55.7 Å². The second-order valence-corrected chi connectivity index (χ2v) is 15.8. The van der Waals surface area contributed by atoms with Crippen molar-refractivity contribution in [2.45, 2.75) is 114 Å². The summed E-state index contributed by atoms with van der Waals surface area (Å²) in [5.41, 5.74) is 11.6. The summed E-state index contributed by atoms with van der Waals surface area (Å²) in [5.74, 6) is -1.52. The molecule has 1 aromatic rings. The number of nitrogens with one attached hydrogen (secondary N) is 6. The van der Waals surface area contributed by atoms with Crippen LogP contribution in [-0.4, -0.2) is 96.1 Å². The van der Waals surface area contributed by atoms with Gasteiger partial charge < -0.3 is 48.1 Å². The van der Waals surface area contributed by atoms with Crippen molar-refractivity contribution in [2.24, 2.45) is 23.3 Å². The topological polar surface area (TPSA) is 270 Å². The molecule has 2 heterocycles. The molecule has 18 heteroatoms. The second-order valence-electron chi connectivity index (χ2n) is 14.5. The Morgan fingerprint density at radius 1 is 0.893 bits per heavy atom. The lowest BCUT2D eigenvalue weighted by Crippen LogP contribution is -2.45. The van der Waals surface area contributed by atoms with E-state index in [1.165, 1.54) is 0 Å². The smallest absolute Gasteiger partial charge is 0.407 e. The molecule has 3 rings (SSSR count). The van der Waals surface area contributed by atoms with E-state index in [4.69, 9.17) is 16.2 Å². The van der Waals surface area contributed by atoms with E-state index in [-0.39, 0.29) is 86.8 Å². The minimum atomic E-state index is -0.874. The van der Waals surface area contributed by atoms with Gasteiger partial charge in [0.05, 0.1) is 24.7 Å². The molecule has 0 bridgehead atoms. The Bertz CT molecular complexity index is 1530. The van der Waals surface area contributed by atoms with Gasteiger partial charge >= 0.3 is 18.2 Å². The molecule has 0 aromatic heterocycles. The molecule has 0 radical (unpaired) electrons. The maximum atomic E-state index is 13.4. The maximum absolute atomic E-state index is 13.4. The number of ketones is 3. The first-order chi connectivity index (χ1) is 26.7. The highest BCUT2D eigenvalue weighted by atomic mass is 32.2. The summed E-state index contributed by atoms with van der Waals surface area (Å²) in [6.45, 7) is 3.84. The summed E-state index contributed by atoms with van der Waals surface area (Å²) in [4.78, 5) is 98.0. The molecule has 310 valence electrons. The number of primary amides is 1. The zero-order valence-corrected chi connectivity index (χ0v) is 33.1. The molecule has 0 aliphatic carbocycles. The van der Waals surface area contributed by atoms with Crippen molar-refractivity contribution in [2.75, 3.05) is 30.7 Å². The van der Waals surface area contributed by atoms with E-state index in [1.807, 2.05) is 11.8 Å². The summed E-state index contributed by atoms with van der Waals surface area (Å²) in [7, 11) is 0. The Morgan fingerprint density at radius 2 is 1.61 bits per heavy atom.